The molecule has 638 valence electrons. The van der Waals surface area contributed by atoms with Crippen LogP contribution in [0.2, 0.25) is 0 Å². The second-order valence-electron chi connectivity index (χ2n) is 37.6. The number of anilines is 3. The van der Waals surface area contributed by atoms with Gasteiger partial charge >= 0.3 is 0 Å². The fraction of sp³-hybridized carbons (Fsp3) is 0.0625. The summed E-state index contributed by atoms with van der Waals surface area (Å²) < 4.78 is 155. The highest BCUT2D eigenvalue weighted by molar-refractivity contribution is 8.00. The molecule has 20 aromatic carbocycles. The first-order valence-corrected chi connectivity index (χ1v) is 46.7. The molecule has 0 amide bonds. The number of hydrogen-bond acceptors (Lipinski definition) is 2. The third-order valence-corrected chi connectivity index (χ3v) is 28.8. The summed E-state index contributed by atoms with van der Waals surface area (Å²) >= 11 is 1.75. The molecule has 2 aliphatic heterocycles. The van der Waals surface area contributed by atoms with Crippen LogP contribution in [0, 0.1) is 0 Å². The maximum Gasteiger partial charge on any atom is 0.249 e. The van der Waals surface area contributed by atoms with Gasteiger partial charge in [-0.25, -0.2) is 0 Å². The van der Waals surface area contributed by atoms with Gasteiger partial charge < -0.3 is 23.2 Å². The van der Waals surface area contributed by atoms with Gasteiger partial charge in [0.05, 0.1) is 70.4 Å². The van der Waals surface area contributed by atoms with Crippen molar-refractivity contribution in [3.63, 3.8) is 0 Å². The summed E-state index contributed by atoms with van der Waals surface area (Å²) in [7, 11) is 0. The molecule has 24 aromatic rings. The van der Waals surface area contributed by atoms with Crippen LogP contribution in [0.4, 0.5) is 17.1 Å². The van der Waals surface area contributed by atoms with Crippen molar-refractivity contribution >= 4 is 139 Å². The van der Waals surface area contributed by atoms with E-state index in [0.29, 0.717) is 5.69 Å². The lowest BCUT2D eigenvalue weighted by molar-refractivity contribution is 0.590. The Hall–Kier alpha value is -16.2. The molecule has 26 rings (SSSR count). The third-order valence-electron chi connectivity index (χ3n) is 27.6. The molecule has 0 saturated heterocycles. The zero-order chi connectivity index (χ0) is 103. The van der Waals surface area contributed by atoms with Crippen LogP contribution in [0.25, 0.3) is 199 Å². The Labute approximate surface area is 811 Å². The molecule has 4 aromatic heterocycles. The molecule has 2 aliphatic rings. The van der Waals surface area contributed by atoms with Gasteiger partial charge in [-0.2, -0.15) is 0 Å². The van der Waals surface area contributed by atoms with Crippen LogP contribution in [-0.4, -0.2) is 25.0 Å². The van der Waals surface area contributed by atoms with Gasteiger partial charge in [-0.3, -0.25) is 0 Å². The topological polar surface area (TPSA) is 23.0 Å². The maximum atomic E-state index is 11.0. The van der Waals surface area contributed by atoms with E-state index in [-0.39, 0.29) is 49.1 Å². The van der Waals surface area contributed by atoms with Crippen LogP contribution >= 0.6 is 11.8 Å². The number of aromatic nitrogens is 4. The first-order chi connectivity index (χ1) is 72.4. The van der Waals surface area contributed by atoms with Crippen molar-refractivity contribution in [2.75, 3.05) is 4.90 Å². The lowest BCUT2D eigenvalue weighted by Crippen LogP contribution is -2.60. The summed E-state index contributed by atoms with van der Waals surface area (Å²) in [6.45, 7) is 12.9. The monoisotopic (exact) mass is 1760 g/mol. The van der Waals surface area contributed by atoms with Gasteiger partial charge in [0.15, 0.2) is 0 Å². The molecule has 0 atom stereocenters. The Kier molecular flexibility index (Phi) is 15.1. The Balaban J connectivity index is 0.825. The molecule has 135 heavy (non-hydrogen) atoms. The van der Waals surface area contributed by atoms with E-state index in [1.807, 2.05) is 60.7 Å². The Bertz CT molecular complexity index is 9570. The van der Waals surface area contributed by atoms with E-state index >= 15 is 0 Å². The molecule has 0 saturated carbocycles. The fourth-order valence-corrected chi connectivity index (χ4v) is 22.4. The lowest BCUT2D eigenvalue weighted by Gasteiger charge is -2.42. The molecule has 0 aliphatic carbocycles. The van der Waals surface area contributed by atoms with E-state index in [0.717, 1.165) is 186 Å². The molecule has 0 fully saturated rings. The third kappa shape index (κ3) is 13.1. The average molecular weight is 1760 g/mol. The van der Waals surface area contributed by atoms with Crippen molar-refractivity contribution in [1.29, 1.82) is 0 Å². The van der Waals surface area contributed by atoms with Gasteiger partial charge in [0.1, 0.15) is 0 Å². The van der Waals surface area contributed by atoms with Crippen molar-refractivity contribution in [3.05, 3.63) is 460 Å². The number of hydrogen-bond donors (Lipinski definition) is 0. The van der Waals surface area contributed by atoms with E-state index in [1.54, 1.807) is 16.3 Å². The Morgan fingerprint density at radius 2 is 0.637 bits per heavy atom. The van der Waals surface area contributed by atoms with E-state index in [2.05, 4.69) is 353 Å². The second-order valence-corrected chi connectivity index (χ2v) is 38.6. The normalized spacial score (nSPS) is 14.2. The molecule has 6 heterocycles. The van der Waals surface area contributed by atoms with Crippen LogP contribution in [0.5, 0.6) is 0 Å². The summed E-state index contributed by atoms with van der Waals surface area (Å²) in [5, 5.41) is 3.36. The van der Waals surface area contributed by atoms with Gasteiger partial charge in [-0.15, -0.1) is 0 Å². The summed E-state index contributed by atoms with van der Waals surface area (Å²) in [5.74, 6) is 0. The van der Waals surface area contributed by atoms with Crippen molar-refractivity contribution in [2.45, 2.75) is 62.2 Å². The molecule has 0 unspecified atom stereocenters. The minimum absolute atomic E-state index is 0.160. The van der Waals surface area contributed by atoms with Gasteiger partial charge in [0.25, 0.3) is 0 Å². The lowest BCUT2D eigenvalue weighted by atomic mass is 9.34. The Morgan fingerprint density at radius 3 is 1.16 bits per heavy atom. The standard InChI is InChI=1S/C128H92BN5S/c1-127(2,3)94-60-67-118-108(75-94)109-76-95(128(4,5)6)61-68-119(109)133(118)99-79-122-124-123(80-99)135-126-107(89-58-62-96(63-59-89)130-113-45-24-19-38-102(113)103-39-20-25-46-114(103)130)73-93(92-71-90(83-34-15-9-16-35-83)70-91(72-92)84-36-17-10-18-37-84)74-112(126)129(124)111-66-64-98(132-117-49-28-23-42-106(117)110-77-97(65-69-120(110)132)131-115-47-26-21-40-104(115)105-41-22-27-48-116(105)131)78-121(111)134(122)125-100(87-54-50-85(51-55-87)81-30-11-7-12-31-81)43-29-44-101(125)88-56-52-86(53-57-88)82-32-13-8-14-33-82/h7-80H,1-6H3/i21D,22D,23D,26D,27D,28D,40D,41D,42D,47D,48D,49D,65D,69D,77D. The second kappa shape index (κ2) is 31.3. The summed E-state index contributed by atoms with van der Waals surface area (Å²) in [6, 6.07) is 118. The largest absolute Gasteiger partial charge is 0.310 e. The number of fused-ring (bicyclic) bond motifs is 16. The quantitative estimate of drug-likeness (QED) is 0.107. The van der Waals surface area contributed by atoms with Gasteiger partial charge in [0, 0.05) is 98.1 Å². The molecule has 0 bridgehead atoms. The van der Waals surface area contributed by atoms with Crippen molar-refractivity contribution < 1.29 is 20.6 Å². The van der Waals surface area contributed by atoms with E-state index in [9.17, 15) is 17.8 Å². The minimum Gasteiger partial charge on any atom is -0.310 e. The predicted octanol–water partition coefficient (Wildman–Crippen LogP) is 32.8. The molecule has 0 N–H and O–H groups in total. The van der Waals surface area contributed by atoms with Gasteiger partial charge in [-0.1, -0.05) is 374 Å². The minimum atomic E-state index is -0.740. The highest BCUT2D eigenvalue weighted by atomic mass is 32.2. The van der Waals surface area contributed by atoms with E-state index in [1.165, 1.54) is 11.1 Å². The van der Waals surface area contributed by atoms with Gasteiger partial charge in [0.2, 0.25) is 6.71 Å². The molecule has 0 radical (unpaired) electrons. The van der Waals surface area contributed by atoms with E-state index < -0.39 is 114 Å². The molecular weight excluding hydrogens is 1650 g/mol. The zero-order valence-electron chi connectivity index (χ0n) is 89.8. The van der Waals surface area contributed by atoms with Crippen LogP contribution < -0.4 is 21.3 Å². The van der Waals surface area contributed by atoms with E-state index in [4.69, 9.17) is 2.74 Å². The summed E-state index contributed by atoms with van der Waals surface area (Å²) in [6.07, 6.45) is 0. The van der Waals surface area contributed by atoms with Crippen molar-refractivity contribution in [1.82, 2.24) is 18.3 Å². The van der Waals surface area contributed by atoms with Gasteiger partial charge in [-0.05, 0) is 244 Å². The number of nitrogens with zero attached hydrogens (tertiary/aromatic N) is 5. The first-order valence-electron chi connectivity index (χ1n) is 53.4. The zero-order valence-corrected chi connectivity index (χ0v) is 75.6. The summed E-state index contributed by atoms with van der Waals surface area (Å²) in [5.41, 5.74) is 26.8. The van der Waals surface area contributed by atoms with Crippen molar-refractivity contribution in [2.24, 2.45) is 0 Å². The van der Waals surface area contributed by atoms with Crippen molar-refractivity contribution in [3.8, 4) is 112 Å². The predicted molar refractivity (Wildman–Crippen MR) is 575 cm³/mol. The molecule has 5 nitrogen and oxygen atoms in total. The average Bonchev–Trinajstić information content (AvgIpc) is 1.43. The molecular formula is C128H92BN5S. The molecule has 7 heteroatoms. The smallest absolute Gasteiger partial charge is 0.249 e. The Morgan fingerprint density at radius 1 is 0.244 bits per heavy atom. The van der Waals surface area contributed by atoms with Crippen LogP contribution in [0.1, 0.15) is 73.2 Å². The van der Waals surface area contributed by atoms with Crippen LogP contribution in [-0.2, 0) is 10.8 Å². The first kappa shape index (κ1) is 65.4. The molecule has 0 spiro atoms. The fourth-order valence-electron chi connectivity index (χ4n) is 21.0. The van der Waals surface area contributed by atoms with Crippen LogP contribution in [0.3, 0.4) is 0 Å². The van der Waals surface area contributed by atoms with Crippen LogP contribution in [0.15, 0.2) is 458 Å². The highest BCUT2D eigenvalue weighted by Gasteiger charge is 2.45. The number of benzene rings is 20. The highest BCUT2D eigenvalue weighted by Crippen LogP contribution is 2.54. The summed E-state index contributed by atoms with van der Waals surface area (Å²) in [4.78, 5) is 4.36. The number of rotatable bonds is 13. The number of para-hydroxylation sites is 6. The SMILES string of the molecule is [2H]c1c([2H])c([2H])c2c(c1[2H])c1c([2H])c(-n3c4c([2H])c([2H])c([2H])c([2H])c4c4c([2H])c([2H])c([2H])c([2H])c43)c([2H])c([2H])c1n2-c1ccc2c(c1)N(c1c(-c3ccc(-c4ccccc4)cc3)cccc1-c1ccc(-c3ccccc3)cc1)c1cc(-n3c4ccc(C(C)(C)C)cc4c4cc(C(C)(C)C)ccc43)cc3c1B2c1cc(-c2cc(-c4ccccc4)cc(-c4ccccc4)c2)cc(-c2ccc(-n4c5ccccc5c5ccccc54)cc2)c1S3. The maximum absolute atomic E-state index is 11.0.